The van der Waals surface area contributed by atoms with Crippen LogP contribution in [0.4, 0.5) is 10.5 Å². The number of benzene rings is 1. The molecule has 1 aromatic carbocycles. The van der Waals surface area contributed by atoms with Gasteiger partial charge in [-0.15, -0.1) is 0 Å². The Kier molecular flexibility index (Phi) is 4.97. The van der Waals surface area contributed by atoms with Crippen molar-refractivity contribution in [3.05, 3.63) is 41.7 Å². The van der Waals surface area contributed by atoms with E-state index < -0.39 is 36.7 Å². The highest BCUT2D eigenvalue weighted by Crippen LogP contribution is 2.37. The van der Waals surface area contributed by atoms with Gasteiger partial charge in [-0.05, 0) is 31.9 Å². The highest BCUT2D eigenvalue weighted by Gasteiger charge is 2.54. The number of hydrogen-bond donors (Lipinski definition) is 0. The van der Waals surface area contributed by atoms with E-state index in [1.807, 2.05) is 36.2 Å². The second-order valence-electron chi connectivity index (χ2n) is 7.41. The zero-order chi connectivity index (χ0) is 21.6. The second kappa shape index (κ2) is 7.47. The monoisotopic (exact) mass is 411 g/mol. The summed E-state index contributed by atoms with van der Waals surface area (Å²) < 4.78 is 4.93. The number of urea groups is 1. The van der Waals surface area contributed by atoms with Gasteiger partial charge in [-0.1, -0.05) is 25.1 Å². The molecule has 1 fully saturated rings. The normalized spacial score (nSPS) is 22.8. The van der Waals surface area contributed by atoms with E-state index >= 15 is 0 Å². The number of carbonyl (C=O) groups excluding carboxylic acids is 3. The number of carbonyl (C=O) groups is 3. The molecule has 0 radical (unpaired) electrons. The number of ether oxygens (including phenoxy) is 1. The number of rotatable bonds is 5. The summed E-state index contributed by atoms with van der Waals surface area (Å²) in [6, 6.07) is 6.78. The number of hydrogen-bond acceptors (Lipinski definition) is 7. The van der Waals surface area contributed by atoms with Crippen molar-refractivity contribution in [2.24, 2.45) is 4.99 Å². The average Bonchev–Trinajstić information content (AvgIpc) is 3.24. The number of allylic oxidation sites excluding steroid dienone is 1. The lowest BCUT2D eigenvalue weighted by molar-refractivity contribution is -0.150. The van der Waals surface area contributed by atoms with Crippen molar-refractivity contribution in [2.75, 3.05) is 25.1 Å². The highest BCUT2D eigenvalue weighted by atomic mass is 16.5. The van der Waals surface area contributed by atoms with Crippen LogP contribution in [0.1, 0.15) is 26.3 Å². The van der Waals surface area contributed by atoms with Crippen LogP contribution in [-0.4, -0.2) is 71.0 Å². The van der Waals surface area contributed by atoms with Gasteiger partial charge >= 0.3 is 12.0 Å². The van der Waals surface area contributed by atoms with Gasteiger partial charge in [-0.2, -0.15) is 0 Å². The molecule has 3 aliphatic heterocycles. The molecule has 9 nitrogen and oxygen atoms in total. The molecule has 3 heterocycles. The molecule has 4 rings (SSSR count). The lowest BCUT2D eigenvalue weighted by Gasteiger charge is -2.39. The Balaban J connectivity index is 1.68. The summed E-state index contributed by atoms with van der Waals surface area (Å²) in [5, 5.41) is 0. The third-order valence-corrected chi connectivity index (χ3v) is 5.59. The molecule has 158 valence electrons. The molecule has 2 atom stereocenters. The molecule has 2 unspecified atom stereocenters. The number of likely N-dealkylation sites (N-methyl/N-ethyl adjacent to an activating group) is 1. The van der Waals surface area contributed by atoms with E-state index in [0.29, 0.717) is 5.96 Å². The van der Waals surface area contributed by atoms with E-state index in [4.69, 9.17) is 9.73 Å². The molecular weight excluding hydrogens is 386 g/mol. The van der Waals surface area contributed by atoms with Gasteiger partial charge in [0.25, 0.3) is 5.91 Å². The molecular formula is C21H25N5O4. The minimum absolute atomic E-state index is 0.185. The SMILES string of the molecule is CCOC(=O)CN1C(=O)C2C(N=C3N(c4ccccc4CC)C(C)=CN32)N(C)C1=O. The fourth-order valence-electron chi connectivity index (χ4n) is 4.16. The number of amides is 3. The molecule has 0 aliphatic carbocycles. The number of fused-ring (bicyclic) bond motifs is 3. The zero-order valence-electron chi connectivity index (χ0n) is 17.5. The van der Waals surface area contributed by atoms with Gasteiger partial charge in [0.1, 0.15) is 6.54 Å². The van der Waals surface area contributed by atoms with Crippen molar-refractivity contribution in [1.29, 1.82) is 0 Å². The average molecular weight is 411 g/mol. The number of esters is 1. The van der Waals surface area contributed by atoms with Gasteiger partial charge in [0.05, 0.1) is 12.3 Å². The van der Waals surface area contributed by atoms with Gasteiger partial charge in [0, 0.05) is 18.9 Å². The van der Waals surface area contributed by atoms with E-state index in [1.165, 1.54) is 4.90 Å². The number of imide groups is 1. The maximum atomic E-state index is 13.2. The molecule has 0 spiro atoms. The Labute approximate surface area is 175 Å². The fourth-order valence-corrected chi connectivity index (χ4v) is 4.16. The Morgan fingerprint density at radius 3 is 2.63 bits per heavy atom. The lowest BCUT2D eigenvalue weighted by atomic mass is 10.1. The highest BCUT2D eigenvalue weighted by molar-refractivity contribution is 6.10. The maximum absolute atomic E-state index is 13.2. The van der Waals surface area contributed by atoms with Crippen molar-refractivity contribution in [3.63, 3.8) is 0 Å². The van der Waals surface area contributed by atoms with Crippen LogP contribution in [0.3, 0.4) is 0 Å². The van der Waals surface area contributed by atoms with E-state index in [2.05, 4.69) is 13.0 Å². The second-order valence-corrected chi connectivity index (χ2v) is 7.41. The molecule has 3 aliphatic rings. The third-order valence-electron chi connectivity index (χ3n) is 5.59. The first kappa shape index (κ1) is 19.9. The molecule has 0 bridgehead atoms. The summed E-state index contributed by atoms with van der Waals surface area (Å²) in [5.41, 5.74) is 3.08. The van der Waals surface area contributed by atoms with Crippen LogP contribution < -0.4 is 4.90 Å². The Bertz CT molecular complexity index is 972. The summed E-state index contributed by atoms with van der Waals surface area (Å²) in [6.45, 7) is 5.50. The predicted molar refractivity (Wildman–Crippen MR) is 110 cm³/mol. The number of aliphatic imine (C=N–C) groups is 1. The topological polar surface area (TPSA) is 85.8 Å². The van der Waals surface area contributed by atoms with Crippen LogP contribution in [0.2, 0.25) is 0 Å². The van der Waals surface area contributed by atoms with E-state index in [9.17, 15) is 14.4 Å². The number of para-hydroxylation sites is 1. The standard InChI is InChI=1S/C21H25N5O4/c1-5-14-9-7-8-10-15(14)26-13(3)11-24-17-18(22-20(24)26)23(4)21(29)25(19(17)28)12-16(27)30-6-2/h7-11,17-18H,5-6,12H2,1-4H3. The molecule has 1 saturated heterocycles. The number of nitrogens with zero attached hydrogens (tertiary/aromatic N) is 5. The van der Waals surface area contributed by atoms with E-state index in [1.54, 1.807) is 18.9 Å². The van der Waals surface area contributed by atoms with Gasteiger partial charge in [-0.3, -0.25) is 19.4 Å². The quantitative estimate of drug-likeness (QED) is 0.687. The van der Waals surface area contributed by atoms with Crippen molar-refractivity contribution >= 4 is 29.6 Å². The van der Waals surface area contributed by atoms with Crippen molar-refractivity contribution < 1.29 is 19.1 Å². The number of aryl methyl sites for hydroxylation is 1. The first-order chi connectivity index (χ1) is 14.4. The fraction of sp³-hybridized carbons (Fsp3) is 0.429. The number of guanidine groups is 1. The largest absolute Gasteiger partial charge is 0.465 e. The molecule has 1 aromatic rings. The van der Waals surface area contributed by atoms with Crippen LogP contribution in [0, 0.1) is 0 Å². The summed E-state index contributed by atoms with van der Waals surface area (Å²) in [4.78, 5) is 48.8. The summed E-state index contributed by atoms with van der Waals surface area (Å²) in [6.07, 6.45) is 2.07. The van der Waals surface area contributed by atoms with Crippen molar-refractivity contribution in [1.82, 2.24) is 14.7 Å². The third kappa shape index (κ3) is 2.92. The first-order valence-electron chi connectivity index (χ1n) is 10.0. The zero-order valence-corrected chi connectivity index (χ0v) is 17.5. The van der Waals surface area contributed by atoms with Crippen LogP contribution in [0.15, 0.2) is 41.2 Å². The minimum atomic E-state index is -0.717. The predicted octanol–water partition coefficient (Wildman–Crippen LogP) is 1.75. The lowest BCUT2D eigenvalue weighted by Crippen LogP contribution is -2.65. The van der Waals surface area contributed by atoms with Crippen LogP contribution in [0.25, 0.3) is 0 Å². The van der Waals surface area contributed by atoms with Crippen LogP contribution in [-0.2, 0) is 20.7 Å². The van der Waals surface area contributed by atoms with Crippen molar-refractivity contribution in [2.45, 2.75) is 39.4 Å². The maximum Gasteiger partial charge on any atom is 0.328 e. The van der Waals surface area contributed by atoms with E-state index in [0.717, 1.165) is 28.3 Å². The van der Waals surface area contributed by atoms with Crippen LogP contribution in [0.5, 0.6) is 0 Å². The smallest absolute Gasteiger partial charge is 0.328 e. The van der Waals surface area contributed by atoms with Gasteiger partial charge < -0.3 is 14.5 Å². The molecule has 0 N–H and O–H groups in total. The Morgan fingerprint density at radius 1 is 1.20 bits per heavy atom. The van der Waals surface area contributed by atoms with Gasteiger partial charge in [-0.25, -0.2) is 9.79 Å². The number of anilines is 1. The molecule has 3 amide bonds. The minimum Gasteiger partial charge on any atom is -0.465 e. The molecule has 30 heavy (non-hydrogen) atoms. The summed E-state index contributed by atoms with van der Waals surface area (Å²) in [5.74, 6) is -0.462. The van der Waals surface area contributed by atoms with Gasteiger partial charge in [0.15, 0.2) is 12.2 Å². The molecule has 0 saturated carbocycles. The first-order valence-corrected chi connectivity index (χ1v) is 10.0. The summed E-state index contributed by atoms with van der Waals surface area (Å²) >= 11 is 0. The van der Waals surface area contributed by atoms with Gasteiger partial charge in [0.2, 0.25) is 5.96 Å². The Hall–Kier alpha value is -3.36. The molecule has 0 aromatic heterocycles. The van der Waals surface area contributed by atoms with Crippen molar-refractivity contribution in [3.8, 4) is 0 Å². The Morgan fingerprint density at radius 2 is 1.93 bits per heavy atom. The van der Waals surface area contributed by atoms with E-state index in [-0.39, 0.29) is 6.61 Å². The van der Waals surface area contributed by atoms with Crippen LogP contribution >= 0.6 is 0 Å². The molecule has 9 heteroatoms. The summed E-state index contributed by atoms with van der Waals surface area (Å²) in [7, 11) is 1.59.